The van der Waals surface area contributed by atoms with Gasteiger partial charge in [0, 0.05) is 12.0 Å². The summed E-state index contributed by atoms with van der Waals surface area (Å²) >= 11 is 0. The van der Waals surface area contributed by atoms with Crippen LogP contribution in [0.4, 0.5) is 0 Å². The fourth-order valence-corrected chi connectivity index (χ4v) is 2.44. The first-order valence-corrected chi connectivity index (χ1v) is 8.02. The van der Waals surface area contributed by atoms with E-state index in [-0.39, 0.29) is 11.3 Å². The Bertz CT molecular complexity index is 701. The predicted molar refractivity (Wildman–Crippen MR) is 95.7 cm³/mol. The van der Waals surface area contributed by atoms with Crippen molar-refractivity contribution in [2.75, 3.05) is 0 Å². The van der Waals surface area contributed by atoms with Crippen LogP contribution in [0, 0.1) is 0 Å². The van der Waals surface area contributed by atoms with Gasteiger partial charge in [-0.1, -0.05) is 63.2 Å². The Labute approximate surface area is 143 Å². The van der Waals surface area contributed by atoms with Crippen molar-refractivity contribution >= 4 is 11.8 Å². The number of hydrogen-bond donors (Lipinski definition) is 2. The molecule has 0 fully saturated rings. The van der Waals surface area contributed by atoms with E-state index in [9.17, 15) is 9.59 Å². The zero-order valence-corrected chi connectivity index (χ0v) is 14.4. The second kappa shape index (κ2) is 7.30. The van der Waals surface area contributed by atoms with Gasteiger partial charge in [-0.2, -0.15) is 0 Å². The average Bonchev–Trinajstić information content (AvgIpc) is 2.54. The van der Waals surface area contributed by atoms with Crippen molar-refractivity contribution in [2.45, 2.75) is 38.6 Å². The molecule has 0 saturated heterocycles. The van der Waals surface area contributed by atoms with Gasteiger partial charge < -0.3 is 11.1 Å². The maximum absolute atomic E-state index is 12.4. The highest BCUT2D eigenvalue weighted by Gasteiger charge is 2.20. The molecule has 0 radical (unpaired) electrons. The molecule has 4 nitrogen and oxygen atoms in total. The summed E-state index contributed by atoms with van der Waals surface area (Å²) in [5.74, 6) is -0.839. The Balaban J connectivity index is 2.09. The minimum absolute atomic E-state index is 0.0259. The minimum Gasteiger partial charge on any atom is -0.368 e. The Kier molecular flexibility index (Phi) is 5.39. The average molecular weight is 324 g/mol. The number of rotatable bonds is 5. The van der Waals surface area contributed by atoms with E-state index < -0.39 is 11.9 Å². The van der Waals surface area contributed by atoms with Crippen molar-refractivity contribution in [1.29, 1.82) is 0 Å². The van der Waals surface area contributed by atoms with Crippen LogP contribution in [-0.4, -0.2) is 17.9 Å². The van der Waals surface area contributed by atoms with Crippen LogP contribution >= 0.6 is 0 Å². The van der Waals surface area contributed by atoms with Gasteiger partial charge in [-0.3, -0.25) is 9.59 Å². The van der Waals surface area contributed by atoms with Gasteiger partial charge in [0.1, 0.15) is 6.04 Å². The lowest BCUT2D eigenvalue weighted by Gasteiger charge is -2.19. The third-order valence-electron chi connectivity index (χ3n) is 3.94. The van der Waals surface area contributed by atoms with Crippen LogP contribution in [0.25, 0.3) is 0 Å². The first-order valence-electron chi connectivity index (χ1n) is 8.02. The fraction of sp³-hybridized carbons (Fsp3) is 0.300. The molecule has 3 N–H and O–H groups in total. The maximum atomic E-state index is 12.4. The minimum atomic E-state index is -0.734. The second-order valence-electron chi connectivity index (χ2n) is 6.95. The third-order valence-corrected chi connectivity index (χ3v) is 3.94. The second-order valence-corrected chi connectivity index (χ2v) is 6.95. The maximum Gasteiger partial charge on any atom is 0.251 e. The quantitative estimate of drug-likeness (QED) is 0.887. The van der Waals surface area contributed by atoms with Crippen molar-refractivity contribution in [3.8, 4) is 0 Å². The molecule has 1 atom stereocenters. The fourth-order valence-electron chi connectivity index (χ4n) is 2.44. The van der Waals surface area contributed by atoms with E-state index in [0.717, 1.165) is 11.1 Å². The molecule has 0 saturated carbocycles. The number of carbonyl (C=O) groups is 2. The summed E-state index contributed by atoms with van der Waals surface area (Å²) in [6.07, 6.45) is 0.377. The molecule has 2 rings (SSSR count). The van der Waals surface area contributed by atoms with Gasteiger partial charge >= 0.3 is 0 Å². The van der Waals surface area contributed by atoms with Crippen molar-refractivity contribution in [3.63, 3.8) is 0 Å². The lowest BCUT2D eigenvalue weighted by atomic mass is 9.86. The van der Waals surface area contributed by atoms with Crippen LogP contribution in [0.1, 0.15) is 42.3 Å². The van der Waals surface area contributed by atoms with Crippen molar-refractivity contribution < 1.29 is 9.59 Å². The van der Waals surface area contributed by atoms with Gasteiger partial charge in [-0.25, -0.2) is 0 Å². The van der Waals surface area contributed by atoms with Crippen molar-refractivity contribution in [3.05, 3.63) is 71.3 Å². The summed E-state index contributed by atoms with van der Waals surface area (Å²) < 4.78 is 0. The number of nitrogens with one attached hydrogen (secondary N) is 1. The molecule has 126 valence electrons. The smallest absolute Gasteiger partial charge is 0.251 e. The number of carbonyl (C=O) groups excluding carboxylic acids is 2. The highest BCUT2D eigenvalue weighted by Crippen LogP contribution is 2.22. The zero-order chi connectivity index (χ0) is 17.7. The van der Waals surface area contributed by atoms with E-state index in [4.69, 9.17) is 5.73 Å². The van der Waals surface area contributed by atoms with Crippen molar-refractivity contribution in [2.24, 2.45) is 5.73 Å². The van der Waals surface area contributed by atoms with E-state index in [1.807, 2.05) is 42.5 Å². The van der Waals surface area contributed by atoms with E-state index in [1.165, 1.54) is 0 Å². The van der Waals surface area contributed by atoms with Gasteiger partial charge in [0.15, 0.2) is 0 Å². The number of primary amides is 1. The number of hydrogen-bond acceptors (Lipinski definition) is 2. The Morgan fingerprint density at radius 1 is 1.00 bits per heavy atom. The molecule has 0 aliphatic heterocycles. The van der Waals surface area contributed by atoms with Crippen molar-refractivity contribution in [1.82, 2.24) is 5.32 Å². The predicted octanol–water partition coefficient (Wildman–Crippen LogP) is 2.81. The van der Waals surface area contributed by atoms with E-state index in [1.54, 1.807) is 12.1 Å². The summed E-state index contributed by atoms with van der Waals surface area (Å²) in [7, 11) is 0. The molecule has 0 aliphatic carbocycles. The number of nitrogens with two attached hydrogens (primary N) is 1. The van der Waals surface area contributed by atoms with Gasteiger partial charge in [0.25, 0.3) is 5.91 Å². The number of benzene rings is 2. The first kappa shape index (κ1) is 17.7. The molecule has 24 heavy (non-hydrogen) atoms. The lowest BCUT2D eigenvalue weighted by molar-refractivity contribution is -0.119. The van der Waals surface area contributed by atoms with E-state index in [0.29, 0.717) is 12.0 Å². The molecular weight excluding hydrogens is 300 g/mol. The Hall–Kier alpha value is -2.62. The van der Waals surface area contributed by atoms with Gasteiger partial charge in [0.05, 0.1) is 0 Å². The van der Waals surface area contributed by atoms with Crippen LogP contribution in [0.3, 0.4) is 0 Å². The van der Waals surface area contributed by atoms with E-state index in [2.05, 4.69) is 26.1 Å². The topological polar surface area (TPSA) is 72.2 Å². The van der Waals surface area contributed by atoms with Crippen LogP contribution in [-0.2, 0) is 16.6 Å². The largest absolute Gasteiger partial charge is 0.368 e. The lowest BCUT2D eigenvalue weighted by Crippen LogP contribution is -2.45. The molecular formula is C20H24N2O2. The molecule has 0 bridgehead atoms. The van der Waals surface area contributed by atoms with Crippen LogP contribution in [0.5, 0.6) is 0 Å². The SMILES string of the molecule is CC(C)(C)c1ccc(C(=O)N[C@@H](Cc2ccccc2)C(N)=O)cc1. The molecule has 2 aromatic rings. The highest BCUT2D eigenvalue weighted by molar-refractivity contribution is 5.97. The van der Waals surface area contributed by atoms with Gasteiger partial charge in [-0.05, 0) is 28.7 Å². The van der Waals surface area contributed by atoms with Gasteiger partial charge in [-0.15, -0.1) is 0 Å². The molecule has 0 spiro atoms. The molecule has 4 heteroatoms. The van der Waals surface area contributed by atoms with E-state index >= 15 is 0 Å². The molecule has 2 amide bonds. The molecule has 2 aromatic carbocycles. The Morgan fingerprint density at radius 3 is 2.08 bits per heavy atom. The van der Waals surface area contributed by atoms with Crippen LogP contribution in [0.15, 0.2) is 54.6 Å². The highest BCUT2D eigenvalue weighted by atomic mass is 16.2. The summed E-state index contributed by atoms with van der Waals surface area (Å²) in [5, 5.41) is 2.73. The number of amides is 2. The summed E-state index contributed by atoms with van der Waals surface area (Å²) in [5.41, 5.74) is 8.08. The van der Waals surface area contributed by atoms with Crippen LogP contribution in [0.2, 0.25) is 0 Å². The standard InChI is InChI=1S/C20H24N2O2/c1-20(2,3)16-11-9-15(10-12-16)19(24)22-17(18(21)23)13-14-7-5-4-6-8-14/h4-12,17H,13H2,1-3H3,(H2,21,23)(H,22,24)/t17-/m0/s1. The molecule has 0 heterocycles. The first-order chi connectivity index (χ1) is 11.3. The third kappa shape index (κ3) is 4.69. The zero-order valence-electron chi connectivity index (χ0n) is 14.4. The monoisotopic (exact) mass is 324 g/mol. The summed E-state index contributed by atoms with van der Waals surface area (Å²) in [6.45, 7) is 6.35. The summed E-state index contributed by atoms with van der Waals surface area (Å²) in [4.78, 5) is 24.1. The van der Waals surface area contributed by atoms with Crippen LogP contribution < -0.4 is 11.1 Å². The Morgan fingerprint density at radius 2 is 1.58 bits per heavy atom. The normalized spacial score (nSPS) is 12.5. The van der Waals surface area contributed by atoms with Gasteiger partial charge in [0.2, 0.25) is 5.91 Å². The molecule has 0 unspecified atom stereocenters. The molecule has 0 aromatic heterocycles. The summed E-state index contributed by atoms with van der Waals surface area (Å²) in [6, 6.07) is 16.2. The molecule has 0 aliphatic rings.